The molecule has 0 aromatic heterocycles. The highest BCUT2D eigenvalue weighted by Gasteiger charge is 2.73. The fraction of sp³-hybridized carbons (Fsp3) is 1.00. The number of aliphatic hydroxyl groups excluding tert-OH is 1. The SMILES string of the molecule is CC(C)CCCC(C)C1CC2(O)OOC3CC4CC(O)CCC4(C)C4CCC1(C)C2C34. The van der Waals surface area contributed by atoms with Crippen molar-refractivity contribution in [3.63, 3.8) is 0 Å². The van der Waals surface area contributed by atoms with Gasteiger partial charge in [0.25, 0.3) is 0 Å². The first kappa shape index (κ1) is 22.6. The molecule has 178 valence electrons. The lowest BCUT2D eigenvalue weighted by atomic mass is 9.43. The summed E-state index contributed by atoms with van der Waals surface area (Å²) in [7, 11) is 0. The van der Waals surface area contributed by atoms with Gasteiger partial charge in [0.15, 0.2) is 0 Å². The zero-order valence-corrected chi connectivity index (χ0v) is 20.5. The lowest BCUT2D eigenvalue weighted by Crippen LogP contribution is -2.65. The second-order valence-electron chi connectivity index (χ2n) is 13.2. The minimum absolute atomic E-state index is 0.0771. The molecule has 0 bridgehead atoms. The quantitative estimate of drug-likeness (QED) is 0.544. The van der Waals surface area contributed by atoms with Crippen LogP contribution in [0.4, 0.5) is 0 Å². The molecule has 5 rings (SSSR count). The van der Waals surface area contributed by atoms with E-state index in [-0.39, 0.29) is 29.0 Å². The van der Waals surface area contributed by atoms with Crippen LogP contribution in [0.5, 0.6) is 0 Å². The Morgan fingerprint density at radius 2 is 1.74 bits per heavy atom. The third-order valence-corrected chi connectivity index (χ3v) is 11.1. The lowest BCUT2D eigenvalue weighted by Gasteiger charge is -2.65. The molecule has 11 atom stereocenters. The van der Waals surface area contributed by atoms with Gasteiger partial charge in [-0.25, -0.2) is 9.78 Å². The average molecular weight is 435 g/mol. The second kappa shape index (κ2) is 7.68. The number of aliphatic hydroxyl groups is 2. The van der Waals surface area contributed by atoms with Crippen LogP contribution in [0.2, 0.25) is 0 Å². The fourth-order valence-electron chi connectivity index (χ4n) is 9.56. The maximum Gasteiger partial charge on any atom is 0.203 e. The highest BCUT2D eigenvalue weighted by Crippen LogP contribution is 2.72. The predicted molar refractivity (Wildman–Crippen MR) is 121 cm³/mol. The van der Waals surface area contributed by atoms with Crippen LogP contribution in [0.3, 0.4) is 0 Å². The number of hydrogen-bond donors (Lipinski definition) is 2. The summed E-state index contributed by atoms with van der Waals surface area (Å²) in [5.74, 6) is 2.40. The first-order valence-electron chi connectivity index (χ1n) is 13.3. The molecule has 11 unspecified atom stereocenters. The van der Waals surface area contributed by atoms with Crippen molar-refractivity contribution < 1.29 is 20.0 Å². The third kappa shape index (κ3) is 3.37. The van der Waals surface area contributed by atoms with Crippen LogP contribution in [-0.2, 0) is 9.78 Å². The molecule has 0 spiro atoms. The fourth-order valence-corrected chi connectivity index (χ4v) is 9.56. The van der Waals surface area contributed by atoms with E-state index in [4.69, 9.17) is 9.78 Å². The zero-order chi connectivity index (χ0) is 22.2. The second-order valence-corrected chi connectivity index (χ2v) is 13.2. The smallest absolute Gasteiger partial charge is 0.203 e. The van der Waals surface area contributed by atoms with E-state index in [0.717, 1.165) is 38.0 Å². The van der Waals surface area contributed by atoms with Crippen LogP contribution < -0.4 is 0 Å². The Morgan fingerprint density at radius 3 is 2.48 bits per heavy atom. The summed E-state index contributed by atoms with van der Waals surface area (Å²) >= 11 is 0. The van der Waals surface area contributed by atoms with E-state index in [9.17, 15) is 10.2 Å². The average Bonchev–Trinajstić information content (AvgIpc) is 2.95. The van der Waals surface area contributed by atoms with E-state index in [1.54, 1.807) is 0 Å². The van der Waals surface area contributed by atoms with Crippen LogP contribution in [0.15, 0.2) is 0 Å². The summed E-state index contributed by atoms with van der Waals surface area (Å²) in [5.41, 5.74) is 0.400. The zero-order valence-electron chi connectivity index (χ0n) is 20.5. The van der Waals surface area contributed by atoms with Crippen molar-refractivity contribution in [1.29, 1.82) is 0 Å². The molecule has 1 heterocycles. The molecular formula is C27H46O4. The molecule has 31 heavy (non-hydrogen) atoms. The van der Waals surface area contributed by atoms with Gasteiger partial charge in [0, 0.05) is 18.3 Å². The van der Waals surface area contributed by atoms with Crippen molar-refractivity contribution >= 4 is 0 Å². The summed E-state index contributed by atoms with van der Waals surface area (Å²) in [6, 6.07) is 0. The van der Waals surface area contributed by atoms with Crippen molar-refractivity contribution in [3.8, 4) is 0 Å². The van der Waals surface area contributed by atoms with Crippen LogP contribution in [-0.4, -0.2) is 28.2 Å². The Bertz CT molecular complexity index is 680. The van der Waals surface area contributed by atoms with E-state index in [0.29, 0.717) is 29.6 Å². The lowest BCUT2D eigenvalue weighted by molar-refractivity contribution is -0.501. The standard InChI is InChI=1S/C27H46O4/c1-16(2)7-6-8-17(3)21-15-27(29)24-23-20(10-12-26(21,24)5)25(4)11-9-19(28)13-18(25)14-22(23)30-31-27/h16-24,28-29H,6-15H2,1-5H3. The largest absolute Gasteiger partial charge is 0.393 e. The van der Waals surface area contributed by atoms with Crippen LogP contribution in [0.25, 0.3) is 0 Å². The normalized spacial score (nSPS) is 54.4. The molecule has 0 aromatic carbocycles. The van der Waals surface area contributed by atoms with Gasteiger partial charge in [-0.3, -0.25) is 0 Å². The Hall–Kier alpha value is -0.160. The van der Waals surface area contributed by atoms with Gasteiger partial charge in [0.05, 0.1) is 12.2 Å². The molecular weight excluding hydrogens is 388 g/mol. The minimum atomic E-state index is -1.12. The van der Waals surface area contributed by atoms with Crippen molar-refractivity contribution in [1.82, 2.24) is 0 Å². The van der Waals surface area contributed by atoms with E-state index in [2.05, 4.69) is 34.6 Å². The molecule has 1 saturated heterocycles. The Balaban J connectivity index is 1.43. The molecule has 1 aliphatic heterocycles. The Kier molecular flexibility index (Phi) is 5.61. The molecule has 4 nitrogen and oxygen atoms in total. The highest BCUT2D eigenvalue weighted by molar-refractivity contribution is 5.16. The van der Waals surface area contributed by atoms with Gasteiger partial charge in [-0.15, -0.1) is 0 Å². The molecule has 0 aromatic rings. The summed E-state index contributed by atoms with van der Waals surface area (Å²) in [4.78, 5) is 12.0. The molecule has 0 radical (unpaired) electrons. The van der Waals surface area contributed by atoms with E-state index >= 15 is 0 Å². The first-order valence-corrected chi connectivity index (χ1v) is 13.3. The van der Waals surface area contributed by atoms with E-state index in [1.165, 1.54) is 32.1 Å². The molecule has 0 amide bonds. The molecule has 4 aliphatic carbocycles. The molecule has 5 fully saturated rings. The molecule has 5 aliphatic rings. The van der Waals surface area contributed by atoms with E-state index in [1.807, 2.05) is 0 Å². The molecule has 4 saturated carbocycles. The monoisotopic (exact) mass is 434 g/mol. The van der Waals surface area contributed by atoms with Gasteiger partial charge in [-0.2, -0.15) is 0 Å². The van der Waals surface area contributed by atoms with Gasteiger partial charge in [0.2, 0.25) is 5.79 Å². The van der Waals surface area contributed by atoms with Gasteiger partial charge in [-0.05, 0) is 78.9 Å². The van der Waals surface area contributed by atoms with Crippen molar-refractivity contribution in [2.75, 3.05) is 0 Å². The van der Waals surface area contributed by atoms with Crippen molar-refractivity contribution in [3.05, 3.63) is 0 Å². The maximum atomic E-state index is 11.8. The topological polar surface area (TPSA) is 58.9 Å². The van der Waals surface area contributed by atoms with Crippen LogP contribution >= 0.6 is 0 Å². The summed E-state index contributed by atoms with van der Waals surface area (Å²) in [5, 5.41) is 22.2. The number of rotatable bonds is 5. The van der Waals surface area contributed by atoms with Crippen LogP contribution in [0.1, 0.15) is 98.8 Å². The number of hydrogen-bond acceptors (Lipinski definition) is 4. The number of fused-ring (bicyclic) bond motifs is 2. The summed E-state index contributed by atoms with van der Waals surface area (Å²) in [6.07, 6.45) is 10.8. The first-order chi connectivity index (χ1) is 14.6. The Labute approximate surface area is 189 Å². The van der Waals surface area contributed by atoms with Crippen LogP contribution in [0, 0.1) is 52.3 Å². The van der Waals surface area contributed by atoms with Crippen molar-refractivity contribution in [2.45, 2.75) is 117 Å². The van der Waals surface area contributed by atoms with E-state index < -0.39 is 5.79 Å². The maximum absolute atomic E-state index is 11.8. The van der Waals surface area contributed by atoms with Gasteiger partial charge in [0.1, 0.15) is 0 Å². The summed E-state index contributed by atoms with van der Waals surface area (Å²) in [6.45, 7) is 12.0. The van der Waals surface area contributed by atoms with Gasteiger partial charge in [-0.1, -0.05) is 53.9 Å². The summed E-state index contributed by atoms with van der Waals surface area (Å²) < 4.78 is 0. The van der Waals surface area contributed by atoms with Gasteiger partial charge >= 0.3 is 0 Å². The molecule has 2 N–H and O–H groups in total. The van der Waals surface area contributed by atoms with Crippen molar-refractivity contribution in [2.24, 2.45) is 52.3 Å². The minimum Gasteiger partial charge on any atom is -0.393 e. The molecule has 4 heteroatoms. The predicted octanol–water partition coefficient (Wildman–Crippen LogP) is 5.71. The Morgan fingerprint density at radius 1 is 1.00 bits per heavy atom. The highest BCUT2D eigenvalue weighted by atomic mass is 17.2. The third-order valence-electron chi connectivity index (χ3n) is 11.1. The van der Waals surface area contributed by atoms with Gasteiger partial charge < -0.3 is 10.2 Å².